The first-order valence-corrected chi connectivity index (χ1v) is 9.83. The average molecular weight is 393 g/mol. The highest BCUT2D eigenvalue weighted by molar-refractivity contribution is 6.62. The molecule has 1 aromatic heterocycles. The highest BCUT2D eigenvalue weighted by atomic mass is 16.7. The third-order valence-corrected chi connectivity index (χ3v) is 5.77. The van der Waals surface area contributed by atoms with Crippen LogP contribution in [0.5, 0.6) is 0 Å². The van der Waals surface area contributed by atoms with E-state index in [0.717, 1.165) is 5.46 Å². The van der Waals surface area contributed by atoms with Gasteiger partial charge in [-0.15, -0.1) is 0 Å². The van der Waals surface area contributed by atoms with Crippen LogP contribution in [0.15, 0.2) is 12.4 Å². The van der Waals surface area contributed by atoms with Crippen molar-refractivity contribution in [2.24, 2.45) is 0 Å². The van der Waals surface area contributed by atoms with Crippen LogP contribution in [-0.4, -0.2) is 62.9 Å². The van der Waals surface area contributed by atoms with Crippen molar-refractivity contribution >= 4 is 18.7 Å². The smallest absolute Gasteiger partial charge is 0.444 e. The summed E-state index contributed by atoms with van der Waals surface area (Å²) in [7, 11) is -0.524. The summed E-state index contributed by atoms with van der Waals surface area (Å²) in [5.41, 5.74) is -1.79. The topological polar surface area (TPSA) is 86.0 Å². The number of carbonyl (C=O) groups excluding carboxylic acids is 1. The molecular formula is C19H32BN3O5. The number of likely N-dealkylation sites (tertiary alicyclic amines) is 1. The molecule has 0 radical (unpaired) electrons. The quantitative estimate of drug-likeness (QED) is 0.772. The summed E-state index contributed by atoms with van der Waals surface area (Å²) < 4.78 is 19.1. The average Bonchev–Trinajstić information content (AvgIpc) is 3.10. The minimum atomic E-state index is -1.15. The van der Waals surface area contributed by atoms with Crippen LogP contribution in [0.25, 0.3) is 0 Å². The lowest BCUT2D eigenvalue weighted by Crippen LogP contribution is -2.49. The molecule has 8 nitrogen and oxygen atoms in total. The molecule has 156 valence electrons. The molecule has 0 spiro atoms. The van der Waals surface area contributed by atoms with Gasteiger partial charge in [0.05, 0.1) is 11.2 Å². The van der Waals surface area contributed by atoms with Crippen molar-refractivity contribution in [3.8, 4) is 0 Å². The summed E-state index contributed by atoms with van der Waals surface area (Å²) in [6.45, 7) is 14.3. The first kappa shape index (κ1) is 21.1. The van der Waals surface area contributed by atoms with Crippen molar-refractivity contribution in [2.75, 3.05) is 13.1 Å². The number of rotatable bonds is 2. The number of aromatic nitrogens is 2. The largest absolute Gasteiger partial charge is 0.498 e. The van der Waals surface area contributed by atoms with Gasteiger partial charge >= 0.3 is 13.2 Å². The monoisotopic (exact) mass is 393 g/mol. The van der Waals surface area contributed by atoms with Crippen molar-refractivity contribution in [2.45, 2.75) is 83.8 Å². The Balaban J connectivity index is 1.65. The van der Waals surface area contributed by atoms with Crippen LogP contribution in [0.3, 0.4) is 0 Å². The Morgan fingerprint density at radius 1 is 1.18 bits per heavy atom. The van der Waals surface area contributed by atoms with Crippen molar-refractivity contribution in [3.05, 3.63) is 12.4 Å². The van der Waals surface area contributed by atoms with Gasteiger partial charge in [-0.1, -0.05) is 0 Å². The molecule has 2 aliphatic heterocycles. The standard InChI is InChI=1S/C19H32BN3O5/c1-16(2,3)26-15(24)22-10-8-19(25,9-11-22)23-13-14(12-21-23)20-27-17(4,5)18(6,7)28-20/h12-13,25H,8-11H2,1-7H3. The maximum atomic E-state index is 12.2. The van der Waals surface area contributed by atoms with Gasteiger partial charge in [0.25, 0.3) is 0 Å². The number of amides is 1. The maximum Gasteiger partial charge on any atom is 0.498 e. The van der Waals surface area contributed by atoms with Crippen LogP contribution >= 0.6 is 0 Å². The Morgan fingerprint density at radius 3 is 2.21 bits per heavy atom. The van der Waals surface area contributed by atoms with Gasteiger partial charge in [-0.3, -0.25) is 0 Å². The summed E-state index contributed by atoms with van der Waals surface area (Å²) in [6, 6.07) is 0. The number of piperidine rings is 1. The number of aliphatic hydroxyl groups is 1. The second-order valence-corrected chi connectivity index (χ2v) is 9.76. The van der Waals surface area contributed by atoms with Crippen molar-refractivity contribution < 1.29 is 23.9 Å². The Bertz CT molecular complexity index is 716. The molecule has 0 aromatic carbocycles. The second kappa shape index (κ2) is 6.74. The highest BCUT2D eigenvalue weighted by Crippen LogP contribution is 2.36. The number of carbonyl (C=O) groups is 1. The van der Waals surface area contributed by atoms with Crippen molar-refractivity contribution in [3.63, 3.8) is 0 Å². The summed E-state index contributed by atoms with van der Waals surface area (Å²) in [4.78, 5) is 13.9. The lowest BCUT2D eigenvalue weighted by molar-refractivity contribution is -0.0956. The third-order valence-electron chi connectivity index (χ3n) is 5.77. The van der Waals surface area contributed by atoms with E-state index in [0.29, 0.717) is 25.9 Å². The summed E-state index contributed by atoms with van der Waals surface area (Å²) in [5.74, 6) is 0. The van der Waals surface area contributed by atoms with E-state index in [1.807, 2.05) is 48.5 Å². The summed E-state index contributed by atoms with van der Waals surface area (Å²) >= 11 is 0. The first-order chi connectivity index (χ1) is 12.7. The second-order valence-electron chi connectivity index (χ2n) is 9.76. The molecule has 2 fully saturated rings. The van der Waals surface area contributed by atoms with Gasteiger partial charge < -0.3 is 24.1 Å². The molecular weight excluding hydrogens is 361 g/mol. The highest BCUT2D eigenvalue weighted by Gasteiger charge is 2.52. The molecule has 1 amide bonds. The summed E-state index contributed by atoms with van der Waals surface area (Å²) in [6.07, 6.45) is 3.83. The van der Waals surface area contributed by atoms with E-state index in [1.54, 1.807) is 22.0 Å². The van der Waals surface area contributed by atoms with Gasteiger partial charge in [-0.2, -0.15) is 5.10 Å². The molecule has 28 heavy (non-hydrogen) atoms. The first-order valence-electron chi connectivity index (χ1n) is 9.83. The van der Waals surface area contributed by atoms with Crippen LogP contribution in [0.4, 0.5) is 4.79 Å². The predicted molar refractivity (Wildman–Crippen MR) is 105 cm³/mol. The molecule has 2 aliphatic rings. The fraction of sp³-hybridized carbons (Fsp3) is 0.789. The van der Waals surface area contributed by atoms with Gasteiger partial charge in [-0.25, -0.2) is 9.48 Å². The zero-order chi connectivity index (χ0) is 21.0. The summed E-state index contributed by atoms with van der Waals surface area (Å²) in [5, 5.41) is 15.4. The van der Waals surface area contributed by atoms with Crippen molar-refractivity contribution in [1.82, 2.24) is 14.7 Å². The molecule has 3 rings (SSSR count). The van der Waals surface area contributed by atoms with Gasteiger partial charge in [0.15, 0.2) is 5.72 Å². The Kier molecular flexibility index (Phi) is 5.09. The lowest BCUT2D eigenvalue weighted by atomic mass is 9.82. The van der Waals surface area contributed by atoms with E-state index in [9.17, 15) is 9.90 Å². The Hall–Kier alpha value is -1.58. The molecule has 0 aliphatic carbocycles. The van der Waals surface area contributed by atoms with E-state index in [4.69, 9.17) is 14.0 Å². The predicted octanol–water partition coefficient (Wildman–Crippen LogP) is 1.86. The molecule has 3 heterocycles. The minimum Gasteiger partial charge on any atom is -0.444 e. The van der Waals surface area contributed by atoms with Crippen LogP contribution in [0, 0.1) is 0 Å². The Morgan fingerprint density at radius 2 is 1.71 bits per heavy atom. The number of hydrogen-bond donors (Lipinski definition) is 1. The number of ether oxygens (including phenoxy) is 1. The zero-order valence-electron chi connectivity index (χ0n) is 18.0. The molecule has 1 aromatic rings. The van der Waals surface area contributed by atoms with Gasteiger partial charge in [-0.05, 0) is 48.5 Å². The molecule has 0 unspecified atom stereocenters. The van der Waals surface area contributed by atoms with E-state index >= 15 is 0 Å². The molecule has 0 saturated carbocycles. The molecule has 9 heteroatoms. The SMILES string of the molecule is CC(C)(C)OC(=O)N1CCC(O)(n2cc(B3OC(C)(C)C(C)(C)O3)cn2)CC1. The van der Waals surface area contributed by atoms with Crippen molar-refractivity contribution in [1.29, 1.82) is 0 Å². The Labute approximate surface area is 167 Å². The van der Waals surface area contributed by atoms with Crippen LogP contribution in [0.1, 0.15) is 61.3 Å². The minimum absolute atomic E-state index is 0.354. The third kappa shape index (κ3) is 4.06. The fourth-order valence-corrected chi connectivity index (χ4v) is 3.27. The molecule has 0 atom stereocenters. The normalized spacial score (nSPS) is 23.7. The van der Waals surface area contributed by atoms with Gasteiger partial charge in [0, 0.05) is 43.8 Å². The fourth-order valence-electron chi connectivity index (χ4n) is 3.27. The van der Waals surface area contributed by atoms with E-state index in [-0.39, 0.29) is 6.09 Å². The van der Waals surface area contributed by atoms with Gasteiger partial charge in [0.1, 0.15) is 5.60 Å². The van der Waals surface area contributed by atoms with E-state index in [1.165, 1.54) is 0 Å². The van der Waals surface area contributed by atoms with Crippen LogP contribution in [0.2, 0.25) is 0 Å². The zero-order valence-corrected chi connectivity index (χ0v) is 18.0. The number of hydrogen-bond acceptors (Lipinski definition) is 6. The van der Waals surface area contributed by atoms with Crippen LogP contribution < -0.4 is 5.46 Å². The van der Waals surface area contributed by atoms with E-state index in [2.05, 4.69) is 5.10 Å². The molecule has 0 bridgehead atoms. The molecule has 2 saturated heterocycles. The maximum absolute atomic E-state index is 12.2. The van der Waals surface area contributed by atoms with Gasteiger partial charge in [0.2, 0.25) is 0 Å². The lowest BCUT2D eigenvalue weighted by Gasteiger charge is -2.38. The number of nitrogens with zero attached hydrogens (tertiary/aromatic N) is 3. The van der Waals surface area contributed by atoms with E-state index < -0.39 is 29.6 Å². The molecule has 1 N–H and O–H groups in total. The van der Waals surface area contributed by atoms with Crippen LogP contribution in [-0.2, 0) is 19.8 Å².